The second-order valence-electron chi connectivity index (χ2n) is 5.88. The van der Waals surface area contributed by atoms with Crippen molar-refractivity contribution in [2.45, 2.75) is 52.9 Å². The van der Waals surface area contributed by atoms with Crippen molar-refractivity contribution in [2.75, 3.05) is 6.61 Å². The smallest absolute Gasteiger partial charge is 0.303 e. The van der Waals surface area contributed by atoms with Gasteiger partial charge in [-0.15, -0.1) is 0 Å². The van der Waals surface area contributed by atoms with Crippen LogP contribution >= 0.6 is 0 Å². The first-order valence-electron chi connectivity index (χ1n) is 6.84. The first kappa shape index (κ1) is 17.3. The molecule has 0 bridgehead atoms. The summed E-state index contributed by atoms with van der Waals surface area (Å²) in [5, 5.41) is 0. The average Bonchev–Trinajstić information content (AvgIpc) is 2.34. The highest BCUT2D eigenvalue weighted by Crippen LogP contribution is 2.18. The molecule has 5 nitrogen and oxygen atoms in total. The lowest BCUT2D eigenvalue weighted by Gasteiger charge is -2.29. The molecule has 0 aromatic rings. The Kier molecular flexibility index (Phi) is 5.98. The summed E-state index contributed by atoms with van der Waals surface area (Å²) in [6.45, 7) is 8.67. The van der Waals surface area contributed by atoms with Crippen molar-refractivity contribution in [1.82, 2.24) is 0 Å². The summed E-state index contributed by atoms with van der Waals surface area (Å²) in [6.07, 6.45) is 1.94. The topological polar surface area (TPSA) is 61.8 Å². The third-order valence-corrected chi connectivity index (χ3v) is 2.51. The Balaban J connectivity index is 2.79. The van der Waals surface area contributed by atoms with Gasteiger partial charge in [-0.3, -0.25) is 9.59 Å². The first-order chi connectivity index (χ1) is 9.67. The van der Waals surface area contributed by atoms with E-state index < -0.39 is 30.3 Å². The molecule has 116 valence electrons. The second-order valence-corrected chi connectivity index (χ2v) is 5.88. The van der Waals surface area contributed by atoms with Crippen LogP contribution in [0.3, 0.4) is 0 Å². The molecule has 1 aliphatic rings. The predicted molar refractivity (Wildman–Crippen MR) is 77.2 cm³/mol. The summed E-state index contributed by atoms with van der Waals surface area (Å²) in [6, 6.07) is 0. The van der Waals surface area contributed by atoms with Crippen LogP contribution in [0.25, 0.3) is 0 Å². The molecule has 0 spiro atoms. The number of carbonyl (C=O) groups is 2. The molecule has 1 aliphatic heterocycles. The largest absolute Gasteiger partial charge is 0.463 e. The summed E-state index contributed by atoms with van der Waals surface area (Å²) in [5.74, 6) is 5.28. The highest BCUT2D eigenvalue weighted by atomic mass is 16.6. The van der Waals surface area contributed by atoms with Crippen LogP contribution in [0.2, 0.25) is 0 Å². The first-order valence-corrected chi connectivity index (χ1v) is 6.84. The van der Waals surface area contributed by atoms with Gasteiger partial charge in [0, 0.05) is 19.3 Å². The molecule has 0 N–H and O–H groups in total. The van der Waals surface area contributed by atoms with E-state index in [1.165, 1.54) is 13.8 Å². The summed E-state index contributed by atoms with van der Waals surface area (Å²) in [7, 11) is 0. The molecule has 0 saturated heterocycles. The monoisotopic (exact) mass is 294 g/mol. The lowest BCUT2D eigenvalue weighted by Crippen LogP contribution is -2.41. The zero-order valence-electron chi connectivity index (χ0n) is 13.1. The van der Waals surface area contributed by atoms with Crippen molar-refractivity contribution in [3.05, 3.63) is 12.2 Å². The zero-order chi connectivity index (χ0) is 16.0. The van der Waals surface area contributed by atoms with Crippen molar-refractivity contribution < 1.29 is 23.8 Å². The maximum absolute atomic E-state index is 11.1. The number of hydrogen-bond donors (Lipinski definition) is 0. The van der Waals surface area contributed by atoms with Crippen molar-refractivity contribution in [3.63, 3.8) is 0 Å². The van der Waals surface area contributed by atoms with Gasteiger partial charge in [0.15, 0.2) is 0 Å². The maximum Gasteiger partial charge on any atom is 0.303 e. The summed E-state index contributed by atoms with van der Waals surface area (Å²) < 4.78 is 15.8. The normalized spacial score (nSPS) is 24.7. The second kappa shape index (κ2) is 7.28. The van der Waals surface area contributed by atoms with E-state index in [2.05, 4.69) is 11.8 Å². The Hall–Kier alpha value is -1.80. The third kappa shape index (κ3) is 6.96. The Labute approximate surface area is 125 Å². The predicted octanol–water partition coefficient (Wildman–Crippen LogP) is 1.85. The van der Waals surface area contributed by atoms with Crippen LogP contribution in [0.5, 0.6) is 0 Å². The van der Waals surface area contributed by atoms with Gasteiger partial charge < -0.3 is 14.2 Å². The molecule has 0 unspecified atom stereocenters. The SMILES string of the molecule is CC(=O)OC[C@H]1O[C@H](C#CC(C)(C)C)C=C[C@@H]1OC(C)=O. The molecular weight excluding hydrogens is 272 g/mol. The molecule has 0 fully saturated rings. The highest BCUT2D eigenvalue weighted by molar-refractivity contribution is 5.66. The Morgan fingerprint density at radius 2 is 1.86 bits per heavy atom. The molecule has 0 aromatic carbocycles. The number of ether oxygens (including phenoxy) is 3. The van der Waals surface area contributed by atoms with Crippen LogP contribution in [0, 0.1) is 17.3 Å². The van der Waals surface area contributed by atoms with Crippen LogP contribution in [0.1, 0.15) is 34.6 Å². The molecule has 0 aliphatic carbocycles. The lowest BCUT2D eigenvalue weighted by atomic mass is 9.97. The minimum absolute atomic E-state index is 0.0192. The van der Waals surface area contributed by atoms with Gasteiger partial charge in [0.1, 0.15) is 24.9 Å². The van der Waals surface area contributed by atoms with Crippen molar-refractivity contribution in [1.29, 1.82) is 0 Å². The van der Waals surface area contributed by atoms with Gasteiger partial charge >= 0.3 is 11.9 Å². The minimum Gasteiger partial charge on any atom is -0.463 e. The van der Waals surface area contributed by atoms with Gasteiger partial charge in [-0.25, -0.2) is 0 Å². The molecule has 0 amide bonds. The Morgan fingerprint density at radius 1 is 1.19 bits per heavy atom. The van der Waals surface area contributed by atoms with Crippen LogP contribution in [0.4, 0.5) is 0 Å². The molecular formula is C16H22O5. The van der Waals surface area contributed by atoms with Crippen LogP contribution < -0.4 is 0 Å². The van der Waals surface area contributed by atoms with E-state index in [1.54, 1.807) is 12.2 Å². The minimum atomic E-state index is -0.575. The van der Waals surface area contributed by atoms with Crippen molar-refractivity contribution in [2.24, 2.45) is 5.41 Å². The summed E-state index contributed by atoms with van der Waals surface area (Å²) >= 11 is 0. The maximum atomic E-state index is 11.1. The van der Waals surface area contributed by atoms with Crippen LogP contribution in [0.15, 0.2) is 12.2 Å². The van der Waals surface area contributed by atoms with Gasteiger partial charge in [0.25, 0.3) is 0 Å². The van der Waals surface area contributed by atoms with Crippen molar-refractivity contribution in [3.8, 4) is 11.8 Å². The Bertz CT molecular complexity index is 475. The van der Waals surface area contributed by atoms with E-state index in [4.69, 9.17) is 14.2 Å². The van der Waals surface area contributed by atoms with E-state index >= 15 is 0 Å². The van der Waals surface area contributed by atoms with E-state index in [9.17, 15) is 9.59 Å². The fraction of sp³-hybridized carbons (Fsp3) is 0.625. The number of rotatable bonds is 3. The van der Waals surface area contributed by atoms with E-state index in [0.29, 0.717) is 0 Å². The third-order valence-electron chi connectivity index (χ3n) is 2.51. The van der Waals surface area contributed by atoms with Crippen LogP contribution in [-0.2, 0) is 23.8 Å². The van der Waals surface area contributed by atoms with E-state index in [1.807, 2.05) is 20.8 Å². The van der Waals surface area contributed by atoms with Gasteiger partial charge in [0.2, 0.25) is 0 Å². The summed E-state index contributed by atoms with van der Waals surface area (Å²) in [5.41, 5.74) is -0.130. The highest BCUT2D eigenvalue weighted by Gasteiger charge is 2.30. The Morgan fingerprint density at radius 3 is 2.38 bits per heavy atom. The molecule has 21 heavy (non-hydrogen) atoms. The standard InChI is InChI=1S/C16H22O5/c1-11(17)19-10-15-14(20-12(2)18)7-6-13(21-15)8-9-16(3,4)5/h6-7,13-15H,10H2,1-5H3/t13-,14-,15+/m0/s1. The van der Waals surface area contributed by atoms with Gasteiger partial charge in [-0.1, -0.05) is 11.8 Å². The molecule has 0 aromatic heterocycles. The van der Waals surface area contributed by atoms with Crippen LogP contribution in [-0.4, -0.2) is 36.9 Å². The van der Waals surface area contributed by atoms with E-state index in [-0.39, 0.29) is 12.0 Å². The summed E-state index contributed by atoms with van der Waals surface area (Å²) in [4.78, 5) is 22.0. The molecule has 1 heterocycles. The fourth-order valence-corrected chi connectivity index (χ4v) is 1.66. The molecule has 5 heteroatoms. The number of carbonyl (C=O) groups excluding carboxylic acids is 2. The van der Waals surface area contributed by atoms with Gasteiger partial charge in [-0.05, 0) is 32.9 Å². The molecule has 3 atom stereocenters. The number of esters is 2. The van der Waals surface area contributed by atoms with Gasteiger partial charge in [-0.2, -0.15) is 0 Å². The molecule has 0 saturated carbocycles. The average molecular weight is 294 g/mol. The number of hydrogen-bond acceptors (Lipinski definition) is 5. The molecule has 1 rings (SSSR count). The fourth-order valence-electron chi connectivity index (χ4n) is 1.66. The molecule has 0 radical (unpaired) electrons. The quantitative estimate of drug-likeness (QED) is 0.451. The van der Waals surface area contributed by atoms with Gasteiger partial charge in [0.05, 0.1) is 0 Å². The lowest BCUT2D eigenvalue weighted by molar-refractivity contribution is -0.161. The van der Waals surface area contributed by atoms with E-state index in [0.717, 1.165) is 0 Å². The van der Waals surface area contributed by atoms with Crippen molar-refractivity contribution >= 4 is 11.9 Å². The zero-order valence-corrected chi connectivity index (χ0v) is 13.1.